The van der Waals surface area contributed by atoms with E-state index >= 15 is 0 Å². The van der Waals surface area contributed by atoms with Crippen LogP contribution in [0.25, 0.3) is 0 Å². The van der Waals surface area contributed by atoms with E-state index in [4.69, 9.17) is 0 Å². The van der Waals surface area contributed by atoms with Gasteiger partial charge in [0.25, 0.3) is 0 Å². The molecule has 0 radical (unpaired) electrons. The summed E-state index contributed by atoms with van der Waals surface area (Å²) in [4.78, 5) is 25.8. The maximum atomic E-state index is 12.3. The number of benzene rings is 1. The van der Waals surface area contributed by atoms with Crippen LogP contribution in [-0.4, -0.2) is 31.7 Å². The van der Waals surface area contributed by atoms with Crippen molar-refractivity contribution in [3.8, 4) is 0 Å². The Morgan fingerprint density at radius 1 is 1.25 bits per heavy atom. The first-order chi connectivity index (χ1) is 11.5. The van der Waals surface area contributed by atoms with Crippen molar-refractivity contribution in [3.05, 3.63) is 47.3 Å². The molecule has 7 nitrogen and oxygen atoms in total. The minimum Gasteiger partial charge on any atom is -0.350 e. The largest absolute Gasteiger partial charge is 0.350 e. The molecule has 1 aromatic heterocycles. The molecule has 0 spiro atoms. The molecule has 3 rings (SSSR count). The molecule has 0 atom stereocenters. The molecule has 2 aromatic rings. The SMILES string of the molecule is CC(C)C(=O)NCc1nnn2c1CN(Cc1ccccc1)C(=O)C2. The standard InChI is InChI=1S/C17H21N5O2/c1-12(2)17(24)18-8-14-15-10-21(9-13-6-4-3-5-7-13)16(23)11-22(15)20-19-14/h3-7,12H,8-11H2,1-2H3,(H,18,24). The molecular formula is C17H21N5O2. The van der Waals surface area contributed by atoms with Crippen LogP contribution in [0, 0.1) is 5.92 Å². The second-order valence-electron chi connectivity index (χ2n) is 6.25. The third kappa shape index (κ3) is 3.45. The molecule has 7 heteroatoms. The van der Waals surface area contributed by atoms with E-state index in [0.717, 1.165) is 17.0 Å². The lowest BCUT2D eigenvalue weighted by Gasteiger charge is -2.27. The van der Waals surface area contributed by atoms with Gasteiger partial charge in [-0.25, -0.2) is 4.68 Å². The van der Waals surface area contributed by atoms with E-state index < -0.39 is 0 Å². The van der Waals surface area contributed by atoms with Gasteiger partial charge in [-0.05, 0) is 5.56 Å². The first kappa shape index (κ1) is 16.2. The first-order valence-corrected chi connectivity index (χ1v) is 8.05. The summed E-state index contributed by atoms with van der Waals surface area (Å²) in [6.45, 7) is 5.22. The van der Waals surface area contributed by atoms with Gasteiger partial charge in [0, 0.05) is 12.5 Å². The maximum absolute atomic E-state index is 12.3. The third-order valence-corrected chi connectivity index (χ3v) is 4.07. The lowest BCUT2D eigenvalue weighted by atomic mass is 10.1. The molecule has 0 saturated carbocycles. The van der Waals surface area contributed by atoms with E-state index in [1.165, 1.54) is 0 Å². The summed E-state index contributed by atoms with van der Waals surface area (Å²) >= 11 is 0. The van der Waals surface area contributed by atoms with Gasteiger partial charge >= 0.3 is 0 Å². The number of hydrogen-bond acceptors (Lipinski definition) is 4. The van der Waals surface area contributed by atoms with Crippen LogP contribution in [-0.2, 0) is 35.8 Å². The Morgan fingerprint density at radius 3 is 2.71 bits per heavy atom. The first-order valence-electron chi connectivity index (χ1n) is 8.05. The Balaban J connectivity index is 1.72. The fraction of sp³-hybridized carbons (Fsp3) is 0.412. The van der Waals surface area contributed by atoms with Crippen molar-refractivity contribution in [2.45, 2.75) is 40.0 Å². The number of rotatable bonds is 5. The molecule has 0 aliphatic carbocycles. The van der Waals surface area contributed by atoms with E-state index in [1.54, 1.807) is 9.58 Å². The van der Waals surface area contributed by atoms with Crippen LogP contribution in [0.2, 0.25) is 0 Å². The highest BCUT2D eigenvalue weighted by atomic mass is 16.2. The number of hydrogen-bond donors (Lipinski definition) is 1. The smallest absolute Gasteiger partial charge is 0.245 e. The number of aromatic nitrogens is 3. The minimum atomic E-state index is -0.0763. The molecule has 24 heavy (non-hydrogen) atoms. The topological polar surface area (TPSA) is 80.1 Å². The van der Waals surface area contributed by atoms with Gasteiger partial charge < -0.3 is 10.2 Å². The molecule has 0 fully saturated rings. The van der Waals surface area contributed by atoms with Crippen LogP contribution in [0.3, 0.4) is 0 Å². The van der Waals surface area contributed by atoms with E-state index in [0.29, 0.717) is 19.6 Å². The summed E-state index contributed by atoms with van der Waals surface area (Å²) in [6, 6.07) is 9.88. The van der Waals surface area contributed by atoms with E-state index in [1.807, 2.05) is 44.2 Å². The van der Waals surface area contributed by atoms with Crippen LogP contribution >= 0.6 is 0 Å². The van der Waals surface area contributed by atoms with Crippen molar-refractivity contribution < 1.29 is 9.59 Å². The molecule has 1 N–H and O–H groups in total. The summed E-state index contributed by atoms with van der Waals surface area (Å²) in [6.07, 6.45) is 0. The Morgan fingerprint density at radius 2 is 2.00 bits per heavy atom. The van der Waals surface area contributed by atoms with Gasteiger partial charge in [0.05, 0.1) is 18.8 Å². The number of fused-ring (bicyclic) bond motifs is 1. The zero-order chi connectivity index (χ0) is 17.1. The molecule has 1 aromatic carbocycles. The molecule has 2 amide bonds. The second kappa shape index (κ2) is 6.82. The highest BCUT2D eigenvalue weighted by molar-refractivity contribution is 5.78. The quantitative estimate of drug-likeness (QED) is 0.891. The van der Waals surface area contributed by atoms with Crippen molar-refractivity contribution in [3.63, 3.8) is 0 Å². The lowest BCUT2D eigenvalue weighted by molar-refractivity contribution is -0.135. The van der Waals surface area contributed by atoms with E-state index in [-0.39, 0.29) is 24.3 Å². The monoisotopic (exact) mass is 327 g/mol. The number of nitrogens with one attached hydrogen (secondary N) is 1. The molecule has 0 saturated heterocycles. The summed E-state index contributed by atoms with van der Waals surface area (Å²) in [5, 5.41) is 11.0. The molecule has 2 heterocycles. The molecular weight excluding hydrogens is 306 g/mol. The normalized spacial score (nSPS) is 14.0. The number of carbonyl (C=O) groups excluding carboxylic acids is 2. The zero-order valence-corrected chi connectivity index (χ0v) is 13.9. The van der Waals surface area contributed by atoms with Crippen molar-refractivity contribution in [2.24, 2.45) is 5.92 Å². The summed E-state index contributed by atoms with van der Waals surface area (Å²) in [5.74, 6) is -0.0774. The van der Waals surface area contributed by atoms with Gasteiger partial charge in [-0.3, -0.25) is 9.59 Å². The summed E-state index contributed by atoms with van der Waals surface area (Å²) in [5.41, 5.74) is 2.69. The van der Waals surface area contributed by atoms with Crippen LogP contribution < -0.4 is 5.32 Å². The summed E-state index contributed by atoms with van der Waals surface area (Å²) in [7, 11) is 0. The van der Waals surface area contributed by atoms with Crippen LogP contribution in [0.15, 0.2) is 30.3 Å². The molecule has 1 aliphatic rings. The number of amides is 2. The predicted octanol–water partition coefficient (Wildman–Crippen LogP) is 1.09. The second-order valence-corrected chi connectivity index (χ2v) is 6.25. The van der Waals surface area contributed by atoms with Crippen molar-refractivity contribution in [1.82, 2.24) is 25.2 Å². The average Bonchev–Trinajstić information content (AvgIpc) is 2.95. The van der Waals surface area contributed by atoms with Crippen LogP contribution in [0.1, 0.15) is 30.8 Å². The zero-order valence-electron chi connectivity index (χ0n) is 13.9. The fourth-order valence-corrected chi connectivity index (χ4v) is 2.63. The summed E-state index contributed by atoms with van der Waals surface area (Å²) < 4.78 is 1.63. The molecule has 0 bridgehead atoms. The van der Waals surface area contributed by atoms with Gasteiger partial charge in [0.1, 0.15) is 12.2 Å². The van der Waals surface area contributed by atoms with Crippen molar-refractivity contribution in [1.29, 1.82) is 0 Å². The van der Waals surface area contributed by atoms with Gasteiger partial charge in [-0.15, -0.1) is 5.10 Å². The Bertz CT molecular complexity index is 739. The average molecular weight is 327 g/mol. The maximum Gasteiger partial charge on any atom is 0.245 e. The molecule has 1 aliphatic heterocycles. The van der Waals surface area contributed by atoms with Gasteiger partial charge in [-0.1, -0.05) is 49.4 Å². The minimum absolute atomic E-state index is 0.0222. The third-order valence-electron chi connectivity index (χ3n) is 4.07. The van der Waals surface area contributed by atoms with Gasteiger partial charge in [-0.2, -0.15) is 0 Å². The Hall–Kier alpha value is -2.70. The van der Waals surface area contributed by atoms with Crippen molar-refractivity contribution in [2.75, 3.05) is 0 Å². The Kier molecular flexibility index (Phi) is 4.59. The van der Waals surface area contributed by atoms with Gasteiger partial charge in [0.15, 0.2) is 0 Å². The number of nitrogens with zero attached hydrogens (tertiary/aromatic N) is 4. The highest BCUT2D eigenvalue weighted by Gasteiger charge is 2.27. The lowest BCUT2D eigenvalue weighted by Crippen LogP contribution is -2.39. The highest BCUT2D eigenvalue weighted by Crippen LogP contribution is 2.18. The van der Waals surface area contributed by atoms with E-state index in [9.17, 15) is 9.59 Å². The fourth-order valence-electron chi connectivity index (χ4n) is 2.63. The van der Waals surface area contributed by atoms with Crippen LogP contribution in [0.5, 0.6) is 0 Å². The van der Waals surface area contributed by atoms with Crippen molar-refractivity contribution >= 4 is 11.8 Å². The predicted molar refractivity (Wildman–Crippen MR) is 87.4 cm³/mol. The molecule has 0 unspecified atom stereocenters. The van der Waals surface area contributed by atoms with E-state index in [2.05, 4.69) is 15.6 Å². The number of carbonyl (C=O) groups is 2. The molecule has 126 valence electrons. The van der Waals surface area contributed by atoms with Crippen LogP contribution in [0.4, 0.5) is 0 Å². The van der Waals surface area contributed by atoms with Gasteiger partial charge in [0.2, 0.25) is 11.8 Å². The Labute approximate surface area is 140 Å².